The fraction of sp³-hybridized carbons (Fsp3) is 0.214. The Bertz CT molecular complexity index is 657. The maximum Gasteiger partial charge on any atom is 0.262 e. The van der Waals surface area contributed by atoms with Crippen LogP contribution >= 0.6 is 0 Å². The average molecular weight is 277 g/mol. The molecule has 2 rings (SSSR count). The minimum absolute atomic E-state index is 0.0388. The van der Waals surface area contributed by atoms with Crippen LogP contribution in [0.5, 0.6) is 0 Å². The topological polar surface area (TPSA) is 63.2 Å². The van der Waals surface area contributed by atoms with Gasteiger partial charge in [-0.15, -0.1) is 0 Å². The van der Waals surface area contributed by atoms with Gasteiger partial charge in [0.05, 0.1) is 5.75 Å². The van der Waals surface area contributed by atoms with Gasteiger partial charge in [0, 0.05) is 6.54 Å². The Morgan fingerprint density at radius 1 is 1.32 bits per heavy atom. The third-order valence-corrected chi connectivity index (χ3v) is 4.53. The summed E-state index contributed by atoms with van der Waals surface area (Å²) in [6.07, 6.45) is 4.72. The number of sulfone groups is 1. The zero-order valence-corrected chi connectivity index (χ0v) is 11.4. The van der Waals surface area contributed by atoms with Crippen molar-refractivity contribution in [2.75, 3.05) is 12.3 Å². The summed E-state index contributed by atoms with van der Waals surface area (Å²) in [4.78, 5) is 11.3. The van der Waals surface area contributed by atoms with Crippen molar-refractivity contribution < 1.29 is 13.2 Å². The molecule has 1 aromatic rings. The van der Waals surface area contributed by atoms with Crippen LogP contribution in [0.2, 0.25) is 0 Å². The maximum atomic E-state index is 11.7. The van der Waals surface area contributed by atoms with E-state index in [0.717, 1.165) is 11.1 Å². The van der Waals surface area contributed by atoms with E-state index in [1.165, 1.54) is 6.08 Å². The number of amides is 1. The predicted molar refractivity (Wildman–Crippen MR) is 75.1 cm³/mol. The highest BCUT2D eigenvalue weighted by Crippen LogP contribution is 2.13. The number of benzene rings is 1. The Labute approximate surface area is 112 Å². The van der Waals surface area contributed by atoms with Crippen molar-refractivity contribution in [3.05, 3.63) is 52.4 Å². The molecule has 1 amide bonds. The van der Waals surface area contributed by atoms with Crippen LogP contribution in [-0.4, -0.2) is 26.6 Å². The molecule has 0 radical (unpaired) electrons. The molecule has 1 heterocycles. The molecule has 0 aliphatic carbocycles. The molecule has 0 spiro atoms. The summed E-state index contributed by atoms with van der Waals surface area (Å²) in [7, 11) is -3.44. The van der Waals surface area contributed by atoms with Crippen molar-refractivity contribution in [1.29, 1.82) is 0 Å². The van der Waals surface area contributed by atoms with Crippen molar-refractivity contribution in [1.82, 2.24) is 5.32 Å². The first kappa shape index (κ1) is 13.5. The Kier molecular flexibility index (Phi) is 3.85. The van der Waals surface area contributed by atoms with Gasteiger partial charge in [-0.1, -0.05) is 42.0 Å². The third-order valence-electron chi connectivity index (χ3n) is 2.79. The minimum atomic E-state index is -3.44. The molecule has 1 saturated heterocycles. The normalized spacial score (nSPS) is 20.7. The standard InChI is InChI=1S/C14H15NO3S/c1-11-4-2-5-12(10-11)6-3-7-13-14(16)15-8-9-19(13,17)18/h2-7,10H,8-9H2,1H3,(H,15,16)/b6-3+,13-7+. The quantitative estimate of drug-likeness (QED) is 0.832. The van der Waals surface area contributed by atoms with Gasteiger partial charge in [-0.05, 0) is 18.6 Å². The second kappa shape index (κ2) is 5.40. The van der Waals surface area contributed by atoms with E-state index in [4.69, 9.17) is 0 Å². The van der Waals surface area contributed by atoms with Crippen molar-refractivity contribution in [2.24, 2.45) is 0 Å². The smallest absolute Gasteiger partial charge is 0.262 e. The highest BCUT2D eigenvalue weighted by Gasteiger charge is 2.28. The van der Waals surface area contributed by atoms with Gasteiger partial charge in [0.1, 0.15) is 4.91 Å². The van der Waals surface area contributed by atoms with E-state index in [0.29, 0.717) is 0 Å². The monoisotopic (exact) mass is 277 g/mol. The number of hydrogen-bond donors (Lipinski definition) is 1. The van der Waals surface area contributed by atoms with E-state index in [-0.39, 0.29) is 17.2 Å². The summed E-state index contributed by atoms with van der Waals surface area (Å²) >= 11 is 0. The molecule has 1 aromatic carbocycles. The first-order valence-electron chi connectivity index (χ1n) is 5.95. The molecule has 5 heteroatoms. The zero-order valence-electron chi connectivity index (χ0n) is 10.6. The summed E-state index contributed by atoms with van der Waals surface area (Å²) in [5.41, 5.74) is 2.09. The molecule has 0 aromatic heterocycles. The molecular weight excluding hydrogens is 262 g/mol. The molecule has 19 heavy (non-hydrogen) atoms. The minimum Gasteiger partial charge on any atom is -0.350 e. The largest absolute Gasteiger partial charge is 0.350 e. The SMILES string of the molecule is Cc1cccc(/C=C/C=C2\C(=O)NCCS2(=O)=O)c1. The van der Waals surface area contributed by atoms with Crippen LogP contribution in [0.15, 0.2) is 41.3 Å². The van der Waals surface area contributed by atoms with E-state index in [1.807, 2.05) is 31.2 Å². The summed E-state index contributed by atoms with van der Waals surface area (Å²) < 4.78 is 23.5. The highest BCUT2D eigenvalue weighted by atomic mass is 32.2. The van der Waals surface area contributed by atoms with Gasteiger partial charge in [0.2, 0.25) is 0 Å². The lowest BCUT2D eigenvalue weighted by atomic mass is 10.1. The van der Waals surface area contributed by atoms with E-state index < -0.39 is 15.7 Å². The number of nitrogens with one attached hydrogen (secondary N) is 1. The lowest BCUT2D eigenvalue weighted by Crippen LogP contribution is -2.39. The maximum absolute atomic E-state index is 11.7. The molecule has 1 aliphatic rings. The Morgan fingerprint density at radius 2 is 2.11 bits per heavy atom. The Balaban J connectivity index is 2.24. The average Bonchev–Trinajstić information content (AvgIpc) is 2.32. The molecule has 0 unspecified atom stereocenters. The lowest BCUT2D eigenvalue weighted by molar-refractivity contribution is -0.116. The van der Waals surface area contributed by atoms with Crippen molar-refractivity contribution in [3.63, 3.8) is 0 Å². The summed E-state index contributed by atoms with van der Waals surface area (Å²) in [6, 6.07) is 7.79. The van der Waals surface area contributed by atoms with Gasteiger partial charge in [-0.2, -0.15) is 0 Å². The van der Waals surface area contributed by atoms with Gasteiger partial charge >= 0.3 is 0 Å². The fourth-order valence-corrected chi connectivity index (χ4v) is 3.07. The van der Waals surface area contributed by atoms with Gasteiger partial charge in [0.25, 0.3) is 5.91 Å². The lowest BCUT2D eigenvalue weighted by Gasteiger charge is -2.14. The molecule has 0 saturated carbocycles. The van der Waals surface area contributed by atoms with E-state index >= 15 is 0 Å². The zero-order chi connectivity index (χ0) is 13.9. The molecule has 1 fully saturated rings. The summed E-state index contributed by atoms with van der Waals surface area (Å²) in [5, 5.41) is 2.53. The number of allylic oxidation sites excluding steroid dienone is 2. The van der Waals surface area contributed by atoms with E-state index in [9.17, 15) is 13.2 Å². The molecule has 1 N–H and O–H groups in total. The molecule has 4 nitrogen and oxygen atoms in total. The van der Waals surface area contributed by atoms with Gasteiger partial charge in [0.15, 0.2) is 9.84 Å². The highest BCUT2D eigenvalue weighted by molar-refractivity contribution is 7.96. The van der Waals surface area contributed by atoms with Crippen molar-refractivity contribution in [2.45, 2.75) is 6.92 Å². The van der Waals surface area contributed by atoms with Crippen LogP contribution in [0.3, 0.4) is 0 Å². The van der Waals surface area contributed by atoms with Crippen molar-refractivity contribution >= 4 is 21.8 Å². The number of aryl methyl sites for hydroxylation is 1. The number of rotatable bonds is 2. The number of carbonyl (C=O) groups excluding carboxylic acids is 1. The third kappa shape index (κ3) is 3.32. The second-order valence-corrected chi connectivity index (χ2v) is 6.46. The summed E-state index contributed by atoms with van der Waals surface area (Å²) in [6.45, 7) is 2.16. The van der Waals surface area contributed by atoms with Crippen LogP contribution in [0.4, 0.5) is 0 Å². The Hall–Kier alpha value is -1.88. The first-order valence-corrected chi connectivity index (χ1v) is 7.60. The van der Waals surface area contributed by atoms with Gasteiger partial charge < -0.3 is 5.32 Å². The van der Waals surface area contributed by atoms with Crippen LogP contribution in [0, 0.1) is 6.92 Å². The molecule has 0 bridgehead atoms. The number of carbonyl (C=O) groups is 1. The molecule has 100 valence electrons. The van der Waals surface area contributed by atoms with Crippen LogP contribution in [0.1, 0.15) is 11.1 Å². The fourth-order valence-electron chi connectivity index (χ4n) is 1.84. The van der Waals surface area contributed by atoms with Crippen molar-refractivity contribution in [3.8, 4) is 0 Å². The van der Waals surface area contributed by atoms with Crippen LogP contribution in [-0.2, 0) is 14.6 Å². The second-order valence-electron chi connectivity index (χ2n) is 4.38. The first-order chi connectivity index (χ1) is 8.99. The van der Waals surface area contributed by atoms with E-state index in [1.54, 1.807) is 12.2 Å². The van der Waals surface area contributed by atoms with Gasteiger partial charge in [-0.3, -0.25) is 4.79 Å². The predicted octanol–water partition coefficient (Wildman–Crippen LogP) is 1.44. The summed E-state index contributed by atoms with van der Waals surface area (Å²) in [5.74, 6) is -0.566. The van der Waals surface area contributed by atoms with Crippen LogP contribution in [0.25, 0.3) is 6.08 Å². The molecular formula is C14H15NO3S. The van der Waals surface area contributed by atoms with E-state index in [2.05, 4.69) is 5.32 Å². The van der Waals surface area contributed by atoms with Crippen LogP contribution < -0.4 is 5.32 Å². The Morgan fingerprint density at radius 3 is 2.79 bits per heavy atom. The number of hydrogen-bond acceptors (Lipinski definition) is 3. The molecule has 1 aliphatic heterocycles. The molecule has 0 atom stereocenters. The van der Waals surface area contributed by atoms with Gasteiger partial charge in [-0.25, -0.2) is 8.42 Å².